The number of hydrogen-bond donors (Lipinski definition) is 2. The molecule has 2 aromatic carbocycles. The molecular weight excluding hydrogens is 416 g/mol. The third kappa shape index (κ3) is 6.63. The minimum Gasteiger partial charge on any atom is -0.326 e. The number of anilines is 1. The Bertz CT molecular complexity index is 881. The first kappa shape index (κ1) is 20.2. The third-order valence-corrected chi connectivity index (χ3v) is 4.15. The summed E-state index contributed by atoms with van der Waals surface area (Å²) in [5.41, 5.74) is 4.40. The number of nitro benzene ring substituents is 1. The second kappa shape index (κ2) is 9.58. The van der Waals surface area contributed by atoms with Crippen molar-refractivity contribution in [2.75, 3.05) is 5.32 Å². The molecule has 0 spiro atoms. The van der Waals surface area contributed by atoms with Crippen LogP contribution in [0.4, 0.5) is 11.4 Å². The zero-order valence-electron chi connectivity index (χ0n) is 14.4. The lowest BCUT2D eigenvalue weighted by atomic mass is 10.2. The van der Waals surface area contributed by atoms with E-state index in [0.717, 1.165) is 5.56 Å². The summed E-state index contributed by atoms with van der Waals surface area (Å²) in [6.45, 7) is 1.95. The lowest BCUT2D eigenvalue weighted by Crippen LogP contribution is -2.20. The minimum absolute atomic E-state index is 0.0129. The summed E-state index contributed by atoms with van der Waals surface area (Å²) in [5.74, 6) is -0.710. The summed E-state index contributed by atoms with van der Waals surface area (Å²) in [6.07, 6.45) is 1.28. The standard InChI is InChI=1S/C18H17BrN4O4/c1-12-2-5-14(6-3-12)21-17(24)8-9-18(25)22-20-11-13-4-7-15(19)16(10-13)23(26)27/h2-7,10-11H,8-9H2,1H3,(H,21,24)(H,22,25). The second-order valence-corrected chi connectivity index (χ2v) is 6.53. The summed E-state index contributed by atoms with van der Waals surface area (Å²) in [6, 6.07) is 11.8. The van der Waals surface area contributed by atoms with Gasteiger partial charge in [-0.3, -0.25) is 19.7 Å². The van der Waals surface area contributed by atoms with E-state index in [9.17, 15) is 19.7 Å². The minimum atomic E-state index is -0.521. The summed E-state index contributed by atoms with van der Waals surface area (Å²) in [7, 11) is 0. The normalized spacial score (nSPS) is 10.6. The quantitative estimate of drug-likeness (QED) is 0.395. The molecule has 0 saturated carbocycles. The molecule has 0 atom stereocenters. The first-order chi connectivity index (χ1) is 12.8. The Labute approximate surface area is 163 Å². The van der Waals surface area contributed by atoms with Crippen molar-refractivity contribution in [1.29, 1.82) is 0 Å². The molecule has 2 N–H and O–H groups in total. The maximum Gasteiger partial charge on any atom is 0.284 e. The monoisotopic (exact) mass is 432 g/mol. The molecule has 0 aliphatic carbocycles. The number of carbonyl (C=O) groups excluding carboxylic acids is 2. The number of nitro groups is 1. The fraction of sp³-hybridized carbons (Fsp3) is 0.167. The fourth-order valence-electron chi connectivity index (χ4n) is 2.07. The van der Waals surface area contributed by atoms with Crippen LogP contribution in [-0.2, 0) is 9.59 Å². The first-order valence-corrected chi connectivity index (χ1v) is 8.77. The zero-order chi connectivity index (χ0) is 19.8. The topological polar surface area (TPSA) is 114 Å². The molecule has 140 valence electrons. The molecule has 0 aliphatic heterocycles. The Morgan fingerprint density at radius 3 is 2.48 bits per heavy atom. The number of amides is 2. The van der Waals surface area contributed by atoms with Crippen molar-refractivity contribution in [3.8, 4) is 0 Å². The van der Waals surface area contributed by atoms with Crippen molar-refractivity contribution in [2.24, 2.45) is 5.10 Å². The smallest absolute Gasteiger partial charge is 0.284 e. The van der Waals surface area contributed by atoms with Crippen LogP contribution in [0, 0.1) is 17.0 Å². The lowest BCUT2D eigenvalue weighted by molar-refractivity contribution is -0.385. The molecule has 2 amide bonds. The van der Waals surface area contributed by atoms with Crippen molar-refractivity contribution in [2.45, 2.75) is 19.8 Å². The molecule has 0 aromatic heterocycles. The van der Waals surface area contributed by atoms with Gasteiger partial charge in [-0.25, -0.2) is 5.43 Å². The van der Waals surface area contributed by atoms with Crippen molar-refractivity contribution < 1.29 is 14.5 Å². The molecular formula is C18H17BrN4O4. The van der Waals surface area contributed by atoms with Crippen molar-refractivity contribution in [1.82, 2.24) is 5.43 Å². The first-order valence-electron chi connectivity index (χ1n) is 7.97. The van der Waals surface area contributed by atoms with E-state index < -0.39 is 10.8 Å². The van der Waals surface area contributed by atoms with Gasteiger partial charge in [0.25, 0.3) is 5.69 Å². The molecule has 0 aliphatic rings. The second-order valence-electron chi connectivity index (χ2n) is 5.68. The molecule has 0 unspecified atom stereocenters. The molecule has 9 heteroatoms. The van der Waals surface area contributed by atoms with Gasteiger partial charge in [0.1, 0.15) is 0 Å². The van der Waals surface area contributed by atoms with Gasteiger partial charge in [-0.2, -0.15) is 5.10 Å². The van der Waals surface area contributed by atoms with Gasteiger partial charge in [0.15, 0.2) is 0 Å². The maximum atomic E-state index is 11.8. The van der Waals surface area contributed by atoms with Crippen LogP contribution in [0.3, 0.4) is 0 Å². The van der Waals surface area contributed by atoms with E-state index in [0.29, 0.717) is 15.7 Å². The SMILES string of the molecule is Cc1ccc(NC(=O)CCC(=O)NN=Cc2ccc(Br)c([N+](=O)[O-])c2)cc1. The van der Waals surface area contributed by atoms with E-state index in [2.05, 4.69) is 31.8 Å². The van der Waals surface area contributed by atoms with Crippen LogP contribution in [0.1, 0.15) is 24.0 Å². The predicted octanol–water partition coefficient (Wildman–Crippen LogP) is 3.53. The summed E-state index contributed by atoms with van der Waals surface area (Å²) in [4.78, 5) is 33.9. The molecule has 0 bridgehead atoms. The summed E-state index contributed by atoms with van der Waals surface area (Å²) < 4.78 is 0.355. The maximum absolute atomic E-state index is 11.8. The van der Waals surface area contributed by atoms with Gasteiger partial charge in [-0.05, 0) is 41.1 Å². The molecule has 2 aromatic rings. The highest BCUT2D eigenvalue weighted by molar-refractivity contribution is 9.10. The van der Waals surface area contributed by atoms with Crippen LogP contribution in [-0.4, -0.2) is 23.0 Å². The van der Waals surface area contributed by atoms with Gasteiger partial charge in [0, 0.05) is 30.2 Å². The number of hydrogen-bond acceptors (Lipinski definition) is 5. The van der Waals surface area contributed by atoms with Crippen LogP contribution in [0.15, 0.2) is 52.0 Å². The third-order valence-electron chi connectivity index (χ3n) is 3.48. The van der Waals surface area contributed by atoms with E-state index >= 15 is 0 Å². The van der Waals surface area contributed by atoms with Crippen molar-refractivity contribution in [3.63, 3.8) is 0 Å². The average Bonchev–Trinajstić information content (AvgIpc) is 2.63. The molecule has 8 nitrogen and oxygen atoms in total. The lowest BCUT2D eigenvalue weighted by Gasteiger charge is -2.05. The number of nitrogens with zero attached hydrogens (tertiary/aromatic N) is 2. The Balaban J connectivity index is 1.79. The Morgan fingerprint density at radius 1 is 1.15 bits per heavy atom. The molecule has 0 heterocycles. The van der Waals surface area contributed by atoms with Crippen LogP contribution >= 0.6 is 15.9 Å². The van der Waals surface area contributed by atoms with E-state index in [1.54, 1.807) is 18.2 Å². The van der Waals surface area contributed by atoms with Crippen molar-refractivity contribution in [3.05, 3.63) is 68.2 Å². The number of rotatable bonds is 7. The zero-order valence-corrected chi connectivity index (χ0v) is 16.0. The van der Waals surface area contributed by atoms with Crippen LogP contribution < -0.4 is 10.7 Å². The number of benzene rings is 2. The van der Waals surface area contributed by atoms with E-state index in [1.807, 2.05) is 19.1 Å². The number of nitrogens with one attached hydrogen (secondary N) is 2. The molecule has 0 fully saturated rings. The molecule has 0 saturated heterocycles. The molecule has 27 heavy (non-hydrogen) atoms. The van der Waals surface area contributed by atoms with Gasteiger partial charge < -0.3 is 5.32 Å². The highest BCUT2D eigenvalue weighted by Crippen LogP contribution is 2.24. The average molecular weight is 433 g/mol. The Morgan fingerprint density at radius 2 is 1.81 bits per heavy atom. The summed E-state index contributed by atoms with van der Waals surface area (Å²) >= 11 is 3.09. The summed E-state index contributed by atoms with van der Waals surface area (Å²) in [5, 5.41) is 17.3. The number of hydrazone groups is 1. The highest BCUT2D eigenvalue weighted by Gasteiger charge is 2.11. The van der Waals surface area contributed by atoms with Gasteiger partial charge >= 0.3 is 0 Å². The molecule has 2 rings (SSSR count). The van der Waals surface area contributed by atoms with Crippen LogP contribution in [0.25, 0.3) is 0 Å². The van der Waals surface area contributed by atoms with E-state index in [-0.39, 0.29) is 24.4 Å². The van der Waals surface area contributed by atoms with Gasteiger partial charge in [-0.1, -0.05) is 23.8 Å². The van der Waals surface area contributed by atoms with Gasteiger partial charge in [0.2, 0.25) is 11.8 Å². The van der Waals surface area contributed by atoms with Crippen molar-refractivity contribution >= 4 is 45.3 Å². The van der Waals surface area contributed by atoms with E-state index in [4.69, 9.17) is 0 Å². The Kier molecular flexibility index (Phi) is 7.18. The Hall–Kier alpha value is -3.07. The predicted molar refractivity (Wildman–Crippen MR) is 106 cm³/mol. The van der Waals surface area contributed by atoms with Crippen LogP contribution in [0.2, 0.25) is 0 Å². The number of carbonyl (C=O) groups is 2. The highest BCUT2D eigenvalue weighted by atomic mass is 79.9. The largest absolute Gasteiger partial charge is 0.326 e. The fourth-order valence-corrected chi connectivity index (χ4v) is 2.46. The number of halogens is 1. The molecule has 0 radical (unpaired) electrons. The van der Waals surface area contributed by atoms with Gasteiger partial charge in [-0.15, -0.1) is 0 Å². The van der Waals surface area contributed by atoms with E-state index in [1.165, 1.54) is 18.3 Å². The number of aryl methyl sites for hydroxylation is 1. The van der Waals surface area contributed by atoms with Gasteiger partial charge in [0.05, 0.1) is 15.6 Å². The van der Waals surface area contributed by atoms with Crippen LogP contribution in [0.5, 0.6) is 0 Å².